The van der Waals surface area contributed by atoms with Crippen LogP contribution in [-0.2, 0) is 4.79 Å². The molecule has 11 heteroatoms. The lowest BCUT2D eigenvalue weighted by atomic mass is 9.92. The molecule has 0 spiro atoms. The van der Waals surface area contributed by atoms with Crippen LogP contribution in [0.2, 0.25) is 0 Å². The topological polar surface area (TPSA) is 123 Å². The van der Waals surface area contributed by atoms with Gasteiger partial charge in [-0.1, -0.05) is 35.5 Å². The van der Waals surface area contributed by atoms with Crippen molar-refractivity contribution in [3.8, 4) is 11.3 Å². The van der Waals surface area contributed by atoms with Gasteiger partial charge in [0.25, 0.3) is 5.91 Å². The zero-order valence-electron chi connectivity index (χ0n) is 19.0. The Morgan fingerprint density at radius 3 is 2.31 bits per heavy atom. The molecule has 0 atom stereocenters. The number of aromatic nitrogens is 3. The highest BCUT2D eigenvalue weighted by atomic mass is 19.4. The minimum absolute atomic E-state index is 0.126. The van der Waals surface area contributed by atoms with Gasteiger partial charge in [-0.2, -0.15) is 13.2 Å². The highest BCUT2D eigenvalue weighted by Gasteiger charge is 2.38. The van der Waals surface area contributed by atoms with Gasteiger partial charge in [-0.15, -0.1) is 5.10 Å². The summed E-state index contributed by atoms with van der Waals surface area (Å²) in [5, 5.41) is 18.7. The van der Waals surface area contributed by atoms with Crippen molar-refractivity contribution in [2.24, 2.45) is 5.73 Å². The molecular weight excluding hydrogens is 463 g/mol. The lowest BCUT2D eigenvalue weighted by Crippen LogP contribution is -2.28. The van der Waals surface area contributed by atoms with Gasteiger partial charge in [0.05, 0.1) is 12.2 Å². The van der Waals surface area contributed by atoms with Crippen LogP contribution in [0.25, 0.3) is 11.3 Å². The summed E-state index contributed by atoms with van der Waals surface area (Å²) < 4.78 is 33.7. The molecule has 1 saturated carbocycles. The molecule has 0 aliphatic heterocycles. The normalized spacial score (nSPS) is 17.7. The fourth-order valence-corrected chi connectivity index (χ4v) is 3.70. The number of benzene rings is 2. The van der Waals surface area contributed by atoms with Crippen molar-refractivity contribution >= 4 is 17.6 Å². The number of aryl methyl sites for hydroxylation is 1. The van der Waals surface area contributed by atoms with Crippen molar-refractivity contribution in [3.05, 3.63) is 65.9 Å². The third kappa shape index (κ3) is 7.12. The fourth-order valence-electron chi connectivity index (χ4n) is 3.70. The maximum absolute atomic E-state index is 12.7. The SMILES string of the molecule is Cc1ccc(-c2cn(C3CCC(N)CC3)nn2)cc1C(=O)Nc1ccccc1.O=C(O)C(F)(F)F. The second kappa shape index (κ2) is 11.1. The second-order valence-corrected chi connectivity index (χ2v) is 8.31. The van der Waals surface area contributed by atoms with E-state index >= 15 is 0 Å². The Kier molecular flexibility index (Phi) is 8.23. The summed E-state index contributed by atoms with van der Waals surface area (Å²) in [6.07, 6.45) is 0.999. The molecule has 3 aromatic rings. The maximum Gasteiger partial charge on any atom is 0.490 e. The summed E-state index contributed by atoms with van der Waals surface area (Å²) in [6, 6.07) is 16.0. The van der Waals surface area contributed by atoms with E-state index in [9.17, 15) is 18.0 Å². The van der Waals surface area contributed by atoms with E-state index in [1.165, 1.54) is 0 Å². The third-order valence-corrected chi connectivity index (χ3v) is 5.68. The van der Waals surface area contributed by atoms with Gasteiger partial charge in [0.15, 0.2) is 0 Å². The molecule has 4 N–H and O–H groups in total. The summed E-state index contributed by atoms with van der Waals surface area (Å²) in [7, 11) is 0. The zero-order chi connectivity index (χ0) is 25.6. The summed E-state index contributed by atoms with van der Waals surface area (Å²) >= 11 is 0. The van der Waals surface area contributed by atoms with Crippen LogP contribution >= 0.6 is 0 Å². The van der Waals surface area contributed by atoms with Crippen LogP contribution in [0.5, 0.6) is 0 Å². The molecule has 0 saturated heterocycles. The van der Waals surface area contributed by atoms with E-state index in [2.05, 4.69) is 15.6 Å². The number of hydrogen-bond donors (Lipinski definition) is 3. The number of carboxylic acid groups (broad SMARTS) is 1. The van der Waals surface area contributed by atoms with Crippen molar-refractivity contribution in [2.45, 2.75) is 50.9 Å². The van der Waals surface area contributed by atoms with Gasteiger partial charge in [0.2, 0.25) is 0 Å². The van der Waals surface area contributed by atoms with Crippen molar-refractivity contribution < 1.29 is 27.9 Å². The van der Waals surface area contributed by atoms with Crippen LogP contribution in [0.4, 0.5) is 18.9 Å². The standard InChI is InChI=1S/C22H25N5O.C2HF3O2/c1-15-7-8-16(13-20(15)22(28)24-18-5-3-2-4-6-18)21-14-27(26-25-21)19-11-9-17(23)10-12-19;3-2(4,5)1(6)7/h2-8,13-14,17,19H,9-12,23H2,1H3,(H,24,28);(H,6,7). The number of carbonyl (C=O) groups is 2. The first kappa shape index (κ1) is 25.9. The molecule has 1 aliphatic rings. The van der Waals surface area contributed by atoms with Gasteiger partial charge in [0.1, 0.15) is 5.69 Å². The molecule has 2 aromatic carbocycles. The van der Waals surface area contributed by atoms with Crippen molar-refractivity contribution in [1.82, 2.24) is 15.0 Å². The van der Waals surface area contributed by atoms with E-state index in [0.717, 1.165) is 48.2 Å². The van der Waals surface area contributed by atoms with Crippen LogP contribution < -0.4 is 11.1 Å². The molecular formula is C24H26F3N5O3. The number of nitrogens with two attached hydrogens (primary N) is 1. The molecule has 0 bridgehead atoms. The third-order valence-electron chi connectivity index (χ3n) is 5.68. The van der Waals surface area contributed by atoms with Crippen LogP contribution in [0.15, 0.2) is 54.7 Å². The highest BCUT2D eigenvalue weighted by molar-refractivity contribution is 6.05. The van der Waals surface area contributed by atoms with E-state index in [-0.39, 0.29) is 5.91 Å². The zero-order valence-corrected chi connectivity index (χ0v) is 19.0. The lowest BCUT2D eigenvalue weighted by molar-refractivity contribution is -0.192. The highest BCUT2D eigenvalue weighted by Crippen LogP contribution is 2.29. The molecule has 1 aliphatic carbocycles. The quantitative estimate of drug-likeness (QED) is 0.493. The number of para-hydroxylation sites is 1. The van der Waals surface area contributed by atoms with Gasteiger partial charge >= 0.3 is 12.1 Å². The Balaban J connectivity index is 0.000000429. The first-order valence-electron chi connectivity index (χ1n) is 11.0. The minimum Gasteiger partial charge on any atom is -0.475 e. The Bertz CT molecular complexity index is 1160. The Morgan fingerprint density at radius 2 is 1.71 bits per heavy atom. The molecule has 1 fully saturated rings. The molecule has 8 nitrogen and oxygen atoms in total. The monoisotopic (exact) mass is 489 g/mol. The predicted octanol–water partition coefficient (Wildman–Crippen LogP) is 4.58. The van der Waals surface area contributed by atoms with Gasteiger partial charge in [-0.25, -0.2) is 9.48 Å². The van der Waals surface area contributed by atoms with Gasteiger partial charge in [-0.3, -0.25) is 4.79 Å². The van der Waals surface area contributed by atoms with Crippen LogP contribution in [0, 0.1) is 6.92 Å². The van der Waals surface area contributed by atoms with Crippen molar-refractivity contribution in [3.63, 3.8) is 0 Å². The molecule has 4 rings (SSSR count). The molecule has 1 amide bonds. The number of nitrogens with zero attached hydrogens (tertiary/aromatic N) is 3. The summed E-state index contributed by atoms with van der Waals surface area (Å²) in [6.45, 7) is 1.94. The summed E-state index contributed by atoms with van der Waals surface area (Å²) in [5.41, 5.74) is 10.0. The number of carbonyl (C=O) groups excluding carboxylic acids is 1. The Labute approximate surface area is 199 Å². The van der Waals surface area contributed by atoms with E-state index in [4.69, 9.17) is 15.6 Å². The molecule has 0 unspecified atom stereocenters. The molecule has 1 aromatic heterocycles. The Hall–Kier alpha value is -3.73. The summed E-state index contributed by atoms with van der Waals surface area (Å²) in [4.78, 5) is 21.6. The number of amides is 1. The van der Waals surface area contributed by atoms with Gasteiger partial charge < -0.3 is 16.2 Å². The average Bonchev–Trinajstić information content (AvgIpc) is 3.30. The number of halogens is 3. The fraction of sp³-hybridized carbons (Fsp3) is 0.333. The number of aliphatic carboxylic acids is 1. The van der Waals surface area contributed by atoms with Crippen LogP contribution in [-0.4, -0.2) is 44.2 Å². The molecule has 186 valence electrons. The first-order valence-corrected chi connectivity index (χ1v) is 11.0. The van der Waals surface area contributed by atoms with E-state index in [0.29, 0.717) is 17.6 Å². The predicted molar refractivity (Wildman–Crippen MR) is 124 cm³/mol. The number of hydrogen-bond acceptors (Lipinski definition) is 5. The van der Waals surface area contributed by atoms with Crippen LogP contribution in [0.3, 0.4) is 0 Å². The number of rotatable bonds is 4. The smallest absolute Gasteiger partial charge is 0.475 e. The molecule has 35 heavy (non-hydrogen) atoms. The van der Waals surface area contributed by atoms with Crippen LogP contribution in [0.1, 0.15) is 47.6 Å². The minimum atomic E-state index is -5.08. The molecule has 1 heterocycles. The van der Waals surface area contributed by atoms with E-state index < -0.39 is 12.1 Å². The average molecular weight is 489 g/mol. The molecule has 0 radical (unpaired) electrons. The van der Waals surface area contributed by atoms with Gasteiger partial charge in [0, 0.05) is 22.9 Å². The van der Waals surface area contributed by atoms with Crippen molar-refractivity contribution in [1.29, 1.82) is 0 Å². The van der Waals surface area contributed by atoms with Gasteiger partial charge in [-0.05, 0) is 56.4 Å². The van der Waals surface area contributed by atoms with E-state index in [1.54, 1.807) is 0 Å². The van der Waals surface area contributed by atoms with Crippen molar-refractivity contribution in [2.75, 3.05) is 5.32 Å². The number of anilines is 1. The van der Waals surface area contributed by atoms with E-state index in [1.807, 2.05) is 66.3 Å². The summed E-state index contributed by atoms with van der Waals surface area (Å²) in [5.74, 6) is -2.88. The number of alkyl halides is 3. The second-order valence-electron chi connectivity index (χ2n) is 8.31. The maximum atomic E-state index is 12.7. The largest absolute Gasteiger partial charge is 0.490 e. The number of carboxylic acids is 1. The lowest BCUT2D eigenvalue weighted by Gasteiger charge is -2.25. The Morgan fingerprint density at radius 1 is 1.09 bits per heavy atom. The number of nitrogens with one attached hydrogen (secondary N) is 1. The first-order chi connectivity index (χ1) is 16.5.